The number of halogens is 5. The molecule has 106 valence electrons. The van der Waals surface area contributed by atoms with Crippen molar-refractivity contribution >= 4 is 27.5 Å². The number of nitrogens with two attached hydrogens (primary N) is 1. The molecule has 20 heavy (non-hydrogen) atoms. The number of hydrogen-bond acceptors (Lipinski definition) is 2. The molecule has 2 aromatic rings. The molecule has 0 radical (unpaired) electrons. The first-order chi connectivity index (χ1) is 9.45. The van der Waals surface area contributed by atoms with Gasteiger partial charge in [0.25, 0.3) is 0 Å². The van der Waals surface area contributed by atoms with Crippen molar-refractivity contribution in [3.63, 3.8) is 0 Å². The fourth-order valence-corrected chi connectivity index (χ4v) is 2.31. The fourth-order valence-electron chi connectivity index (χ4n) is 1.85. The third kappa shape index (κ3) is 2.83. The summed E-state index contributed by atoms with van der Waals surface area (Å²) in [5.74, 6) is 3.07. The van der Waals surface area contributed by atoms with E-state index in [9.17, 15) is 13.2 Å². The van der Waals surface area contributed by atoms with Crippen LogP contribution in [0.25, 0.3) is 0 Å². The third-order valence-electron chi connectivity index (χ3n) is 2.81. The highest BCUT2D eigenvalue weighted by molar-refractivity contribution is 9.10. The highest BCUT2D eigenvalue weighted by Gasteiger charge is 2.23. The summed E-state index contributed by atoms with van der Waals surface area (Å²) in [5, 5.41) is -0.0836. The molecule has 0 aliphatic heterocycles. The molecule has 1 unspecified atom stereocenters. The molecular weight excluding hydrogens is 357 g/mol. The van der Waals surface area contributed by atoms with Gasteiger partial charge in [-0.3, -0.25) is 5.84 Å². The summed E-state index contributed by atoms with van der Waals surface area (Å²) in [7, 11) is 0. The van der Waals surface area contributed by atoms with E-state index in [1.165, 1.54) is 18.2 Å². The molecule has 2 aromatic carbocycles. The van der Waals surface area contributed by atoms with Gasteiger partial charge >= 0.3 is 0 Å². The highest BCUT2D eigenvalue weighted by Crippen LogP contribution is 2.31. The van der Waals surface area contributed by atoms with E-state index in [0.29, 0.717) is 0 Å². The molecule has 0 fully saturated rings. The molecule has 3 N–H and O–H groups in total. The Morgan fingerprint density at radius 2 is 1.80 bits per heavy atom. The van der Waals surface area contributed by atoms with E-state index in [-0.39, 0.29) is 20.6 Å². The standard InChI is InChI=1S/C13H9BrClF3N2/c14-7-2-4-9(16)11(12(7)18)13(20-19)6-1-3-8(15)10(17)5-6/h1-5,13,20H,19H2. The minimum absolute atomic E-state index is 0.0836. The second-order valence-electron chi connectivity index (χ2n) is 4.03. The van der Waals surface area contributed by atoms with Crippen molar-refractivity contribution in [2.75, 3.05) is 0 Å². The fraction of sp³-hybridized carbons (Fsp3) is 0.0769. The highest BCUT2D eigenvalue weighted by atomic mass is 79.9. The van der Waals surface area contributed by atoms with Crippen LogP contribution in [0.4, 0.5) is 13.2 Å². The molecule has 0 aromatic heterocycles. The lowest BCUT2D eigenvalue weighted by Crippen LogP contribution is -2.30. The van der Waals surface area contributed by atoms with E-state index in [2.05, 4.69) is 21.4 Å². The summed E-state index contributed by atoms with van der Waals surface area (Å²) in [5.41, 5.74) is 2.23. The zero-order chi connectivity index (χ0) is 14.9. The van der Waals surface area contributed by atoms with Gasteiger partial charge in [0, 0.05) is 5.56 Å². The summed E-state index contributed by atoms with van der Waals surface area (Å²) < 4.78 is 41.5. The van der Waals surface area contributed by atoms with Crippen LogP contribution < -0.4 is 11.3 Å². The largest absolute Gasteiger partial charge is 0.271 e. The van der Waals surface area contributed by atoms with E-state index < -0.39 is 23.5 Å². The Morgan fingerprint density at radius 1 is 1.10 bits per heavy atom. The van der Waals surface area contributed by atoms with Gasteiger partial charge in [-0.05, 0) is 45.8 Å². The van der Waals surface area contributed by atoms with Crippen molar-refractivity contribution in [3.8, 4) is 0 Å². The minimum Gasteiger partial charge on any atom is -0.271 e. The molecule has 0 bridgehead atoms. The van der Waals surface area contributed by atoms with Crippen LogP contribution >= 0.6 is 27.5 Å². The smallest absolute Gasteiger partial charge is 0.145 e. The third-order valence-corrected chi connectivity index (χ3v) is 3.73. The molecular formula is C13H9BrClF3N2. The Hall–Kier alpha value is -1.08. The van der Waals surface area contributed by atoms with Crippen molar-refractivity contribution in [2.45, 2.75) is 6.04 Å². The lowest BCUT2D eigenvalue weighted by Gasteiger charge is -2.19. The summed E-state index contributed by atoms with van der Waals surface area (Å²) in [6.45, 7) is 0. The van der Waals surface area contributed by atoms with Crippen LogP contribution in [-0.2, 0) is 0 Å². The molecule has 0 aliphatic carbocycles. The van der Waals surface area contributed by atoms with Crippen molar-refractivity contribution in [1.29, 1.82) is 0 Å². The lowest BCUT2D eigenvalue weighted by atomic mass is 9.98. The van der Waals surface area contributed by atoms with Gasteiger partial charge in [-0.25, -0.2) is 18.6 Å². The molecule has 0 spiro atoms. The van der Waals surface area contributed by atoms with E-state index in [4.69, 9.17) is 17.4 Å². The molecule has 2 rings (SSSR count). The normalized spacial score (nSPS) is 12.5. The van der Waals surface area contributed by atoms with Gasteiger partial charge in [-0.2, -0.15) is 0 Å². The van der Waals surface area contributed by atoms with E-state index in [0.717, 1.165) is 12.1 Å². The van der Waals surface area contributed by atoms with Crippen LogP contribution in [0, 0.1) is 17.5 Å². The Morgan fingerprint density at radius 3 is 2.40 bits per heavy atom. The van der Waals surface area contributed by atoms with Gasteiger partial charge in [-0.1, -0.05) is 17.7 Å². The first-order valence-corrected chi connectivity index (χ1v) is 6.67. The molecule has 7 heteroatoms. The van der Waals surface area contributed by atoms with Gasteiger partial charge in [0.15, 0.2) is 0 Å². The maximum atomic E-state index is 14.1. The summed E-state index contributed by atoms with van der Waals surface area (Å²) >= 11 is 8.55. The van der Waals surface area contributed by atoms with Crippen LogP contribution in [0.2, 0.25) is 5.02 Å². The molecule has 0 aliphatic rings. The number of hydrazine groups is 1. The summed E-state index contributed by atoms with van der Waals surface area (Å²) in [6, 6.07) is 5.11. The maximum Gasteiger partial charge on any atom is 0.145 e. The van der Waals surface area contributed by atoms with Crippen LogP contribution in [0.15, 0.2) is 34.8 Å². The maximum absolute atomic E-state index is 14.1. The number of nitrogens with one attached hydrogen (secondary N) is 1. The molecule has 0 amide bonds. The van der Waals surface area contributed by atoms with Crippen molar-refractivity contribution in [1.82, 2.24) is 5.43 Å². The zero-order valence-corrected chi connectivity index (χ0v) is 12.3. The average Bonchev–Trinajstić information content (AvgIpc) is 2.42. The monoisotopic (exact) mass is 364 g/mol. The predicted octanol–water partition coefficient (Wildman–Crippen LogP) is 4.07. The Kier molecular flexibility index (Phi) is 4.70. The van der Waals surface area contributed by atoms with Crippen molar-refractivity contribution in [3.05, 3.63) is 68.4 Å². The van der Waals surface area contributed by atoms with Crippen LogP contribution in [-0.4, -0.2) is 0 Å². The van der Waals surface area contributed by atoms with E-state index in [1.54, 1.807) is 0 Å². The van der Waals surface area contributed by atoms with Gasteiger partial charge in [-0.15, -0.1) is 0 Å². The quantitative estimate of drug-likeness (QED) is 0.489. The van der Waals surface area contributed by atoms with Crippen LogP contribution in [0.5, 0.6) is 0 Å². The topological polar surface area (TPSA) is 38.0 Å². The number of benzene rings is 2. The van der Waals surface area contributed by atoms with E-state index in [1.807, 2.05) is 0 Å². The van der Waals surface area contributed by atoms with Gasteiger partial charge in [0.1, 0.15) is 17.5 Å². The van der Waals surface area contributed by atoms with Crippen molar-refractivity contribution < 1.29 is 13.2 Å². The SMILES string of the molecule is NNC(c1ccc(Cl)c(F)c1)c1c(F)ccc(Br)c1F. The molecule has 0 heterocycles. The predicted molar refractivity (Wildman–Crippen MR) is 74.6 cm³/mol. The Balaban J connectivity index is 2.58. The van der Waals surface area contributed by atoms with Gasteiger partial charge in [0.2, 0.25) is 0 Å². The number of hydrogen-bond donors (Lipinski definition) is 2. The second-order valence-corrected chi connectivity index (χ2v) is 5.29. The number of rotatable bonds is 3. The molecule has 2 nitrogen and oxygen atoms in total. The Bertz CT molecular complexity index is 652. The van der Waals surface area contributed by atoms with E-state index >= 15 is 0 Å². The van der Waals surface area contributed by atoms with Crippen LogP contribution in [0.3, 0.4) is 0 Å². The lowest BCUT2D eigenvalue weighted by molar-refractivity contribution is 0.505. The summed E-state index contributed by atoms with van der Waals surface area (Å²) in [4.78, 5) is 0. The van der Waals surface area contributed by atoms with Gasteiger partial charge in [0.05, 0.1) is 15.5 Å². The van der Waals surface area contributed by atoms with Gasteiger partial charge < -0.3 is 0 Å². The zero-order valence-electron chi connectivity index (χ0n) is 9.93. The molecule has 1 atom stereocenters. The second kappa shape index (κ2) is 6.13. The molecule has 0 saturated heterocycles. The van der Waals surface area contributed by atoms with Crippen molar-refractivity contribution in [2.24, 2.45) is 5.84 Å². The minimum atomic E-state index is -1.04. The first-order valence-electron chi connectivity index (χ1n) is 5.50. The van der Waals surface area contributed by atoms with Crippen LogP contribution in [0.1, 0.15) is 17.2 Å². The average molecular weight is 366 g/mol. The molecule has 0 saturated carbocycles. The Labute approximate surface area is 126 Å². The first kappa shape index (κ1) is 15.3. The summed E-state index contributed by atoms with van der Waals surface area (Å²) in [6.07, 6.45) is 0.